The van der Waals surface area contributed by atoms with Gasteiger partial charge >= 0.3 is 0 Å². The number of para-hydroxylation sites is 1. The molecule has 3 rings (SSSR count). The molecule has 0 bridgehead atoms. The highest BCUT2D eigenvalue weighted by molar-refractivity contribution is 7.13. The summed E-state index contributed by atoms with van der Waals surface area (Å²) in [6, 6.07) is 6.49. The topological polar surface area (TPSA) is 49.8 Å². The molecular formula is C12H14N4S. The summed E-state index contributed by atoms with van der Waals surface area (Å²) in [5, 5.41) is 15.5. The molecule has 2 heterocycles. The Labute approximate surface area is 104 Å². The summed E-state index contributed by atoms with van der Waals surface area (Å²) in [7, 11) is 0. The van der Waals surface area contributed by atoms with Crippen molar-refractivity contribution in [2.45, 2.75) is 19.4 Å². The Morgan fingerprint density at radius 3 is 3.29 bits per heavy atom. The summed E-state index contributed by atoms with van der Waals surface area (Å²) in [6.45, 7) is 1.87. The van der Waals surface area contributed by atoms with Crippen molar-refractivity contribution in [1.82, 2.24) is 10.2 Å². The summed E-state index contributed by atoms with van der Waals surface area (Å²) in [5.41, 5.74) is 5.77. The molecule has 4 nitrogen and oxygen atoms in total. The van der Waals surface area contributed by atoms with Crippen LogP contribution in [-0.4, -0.2) is 16.7 Å². The van der Waals surface area contributed by atoms with E-state index in [9.17, 15) is 0 Å². The van der Waals surface area contributed by atoms with Crippen LogP contribution in [0.3, 0.4) is 0 Å². The molecule has 0 saturated heterocycles. The van der Waals surface area contributed by atoms with Crippen molar-refractivity contribution in [3.63, 3.8) is 0 Å². The molecule has 2 aromatic rings. The lowest BCUT2D eigenvalue weighted by molar-refractivity contribution is 0.824. The molecule has 2 N–H and O–H groups in total. The molecule has 0 atom stereocenters. The van der Waals surface area contributed by atoms with Crippen LogP contribution in [0.2, 0.25) is 0 Å². The van der Waals surface area contributed by atoms with Gasteiger partial charge in [-0.2, -0.15) is 0 Å². The van der Waals surface area contributed by atoms with Gasteiger partial charge in [0, 0.05) is 18.8 Å². The quantitative estimate of drug-likeness (QED) is 0.873. The van der Waals surface area contributed by atoms with E-state index in [-0.39, 0.29) is 0 Å². The number of aromatic nitrogens is 2. The van der Waals surface area contributed by atoms with Gasteiger partial charge in [0.1, 0.15) is 5.51 Å². The minimum Gasteiger partial charge on any atom is -0.385 e. The van der Waals surface area contributed by atoms with Crippen LogP contribution in [0.1, 0.15) is 17.5 Å². The Bertz CT molecular complexity index is 495. The SMILES string of the molecule is c1cc2c(c(CNc3nncs3)c1)NCCC2. The zero-order valence-corrected chi connectivity index (χ0v) is 10.3. The number of anilines is 2. The molecule has 0 saturated carbocycles. The van der Waals surface area contributed by atoms with Crippen molar-refractivity contribution in [1.29, 1.82) is 0 Å². The number of fused-ring (bicyclic) bond motifs is 1. The Balaban J connectivity index is 1.78. The first kappa shape index (κ1) is 10.5. The van der Waals surface area contributed by atoms with E-state index in [1.807, 2.05) is 0 Å². The normalized spacial score (nSPS) is 13.9. The van der Waals surface area contributed by atoms with E-state index in [2.05, 4.69) is 39.0 Å². The van der Waals surface area contributed by atoms with Crippen LogP contribution in [0.4, 0.5) is 10.8 Å². The lowest BCUT2D eigenvalue weighted by Crippen LogP contribution is -2.14. The molecule has 0 aliphatic carbocycles. The van der Waals surface area contributed by atoms with E-state index >= 15 is 0 Å². The number of benzene rings is 1. The van der Waals surface area contributed by atoms with Gasteiger partial charge in [0.15, 0.2) is 0 Å². The van der Waals surface area contributed by atoms with Crippen molar-refractivity contribution in [2.75, 3.05) is 17.2 Å². The van der Waals surface area contributed by atoms with Crippen LogP contribution in [0.25, 0.3) is 0 Å². The van der Waals surface area contributed by atoms with Gasteiger partial charge in [0.05, 0.1) is 0 Å². The minimum absolute atomic E-state index is 0.797. The molecule has 0 radical (unpaired) electrons. The first-order chi connectivity index (χ1) is 8.43. The second kappa shape index (κ2) is 4.71. The largest absolute Gasteiger partial charge is 0.385 e. The fourth-order valence-corrected chi connectivity index (χ4v) is 2.59. The lowest BCUT2D eigenvalue weighted by Gasteiger charge is -2.21. The van der Waals surface area contributed by atoms with E-state index in [1.54, 1.807) is 5.51 Å². The van der Waals surface area contributed by atoms with Crippen LogP contribution in [0.5, 0.6) is 0 Å². The maximum Gasteiger partial charge on any atom is 0.205 e. The monoisotopic (exact) mass is 246 g/mol. The second-order valence-corrected chi connectivity index (χ2v) is 4.91. The predicted octanol–water partition coefficient (Wildman–Crippen LogP) is 2.51. The minimum atomic E-state index is 0.797. The van der Waals surface area contributed by atoms with Crippen molar-refractivity contribution in [3.05, 3.63) is 34.8 Å². The van der Waals surface area contributed by atoms with Crippen LogP contribution in [0.15, 0.2) is 23.7 Å². The average molecular weight is 246 g/mol. The maximum atomic E-state index is 3.98. The highest BCUT2D eigenvalue weighted by atomic mass is 32.1. The third-order valence-electron chi connectivity index (χ3n) is 2.95. The van der Waals surface area contributed by atoms with Gasteiger partial charge in [-0.05, 0) is 24.0 Å². The molecule has 17 heavy (non-hydrogen) atoms. The highest BCUT2D eigenvalue weighted by Crippen LogP contribution is 2.26. The fourth-order valence-electron chi connectivity index (χ4n) is 2.15. The van der Waals surface area contributed by atoms with Gasteiger partial charge in [0.25, 0.3) is 0 Å². The molecule has 1 aliphatic rings. The van der Waals surface area contributed by atoms with Crippen molar-refractivity contribution in [2.24, 2.45) is 0 Å². The van der Waals surface area contributed by atoms with Crippen LogP contribution in [0, 0.1) is 0 Å². The molecule has 1 aromatic carbocycles. The third kappa shape index (κ3) is 2.24. The second-order valence-electron chi connectivity index (χ2n) is 4.08. The van der Waals surface area contributed by atoms with E-state index < -0.39 is 0 Å². The fraction of sp³-hybridized carbons (Fsp3) is 0.333. The maximum absolute atomic E-state index is 3.98. The average Bonchev–Trinajstić information content (AvgIpc) is 2.89. The van der Waals surface area contributed by atoms with Crippen LogP contribution < -0.4 is 10.6 Å². The molecule has 5 heteroatoms. The summed E-state index contributed by atoms with van der Waals surface area (Å²) < 4.78 is 0. The van der Waals surface area contributed by atoms with E-state index in [0.29, 0.717) is 0 Å². The standard InChI is InChI=1S/C12H14N4S/c1-3-9-5-2-6-13-11(9)10(4-1)7-14-12-16-15-8-17-12/h1,3-4,8,13H,2,5-7H2,(H,14,16). The summed E-state index contributed by atoms with van der Waals surface area (Å²) in [4.78, 5) is 0. The molecule has 1 aliphatic heterocycles. The lowest BCUT2D eigenvalue weighted by atomic mass is 9.99. The van der Waals surface area contributed by atoms with Gasteiger partial charge < -0.3 is 10.6 Å². The third-order valence-corrected chi connectivity index (χ3v) is 3.60. The molecular weight excluding hydrogens is 232 g/mol. The predicted molar refractivity (Wildman–Crippen MR) is 70.5 cm³/mol. The molecule has 0 unspecified atom stereocenters. The number of nitrogens with zero attached hydrogens (tertiary/aromatic N) is 2. The van der Waals surface area contributed by atoms with Gasteiger partial charge in [0.2, 0.25) is 5.13 Å². The Hall–Kier alpha value is -1.62. The van der Waals surface area contributed by atoms with Crippen molar-refractivity contribution >= 4 is 22.2 Å². The molecule has 0 spiro atoms. The van der Waals surface area contributed by atoms with E-state index in [1.165, 1.54) is 41.0 Å². The number of rotatable bonds is 3. The summed E-state index contributed by atoms with van der Waals surface area (Å²) in [6.07, 6.45) is 2.40. The smallest absolute Gasteiger partial charge is 0.205 e. The molecule has 0 amide bonds. The van der Waals surface area contributed by atoms with Crippen LogP contribution in [-0.2, 0) is 13.0 Å². The Morgan fingerprint density at radius 1 is 1.41 bits per heavy atom. The summed E-state index contributed by atoms with van der Waals surface area (Å²) >= 11 is 1.53. The number of aryl methyl sites for hydroxylation is 1. The van der Waals surface area contributed by atoms with Crippen molar-refractivity contribution in [3.8, 4) is 0 Å². The first-order valence-corrected chi connectivity index (χ1v) is 6.66. The van der Waals surface area contributed by atoms with Gasteiger partial charge in [-0.25, -0.2) is 0 Å². The zero-order valence-electron chi connectivity index (χ0n) is 9.44. The molecule has 1 aromatic heterocycles. The van der Waals surface area contributed by atoms with Crippen molar-refractivity contribution < 1.29 is 0 Å². The highest BCUT2D eigenvalue weighted by Gasteiger charge is 2.11. The molecule has 0 fully saturated rings. The van der Waals surface area contributed by atoms with E-state index in [0.717, 1.165) is 18.2 Å². The van der Waals surface area contributed by atoms with Gasteiger partial charge in [-0.15, -0.1) is 10.2 Å². The number of hydrogen-bond donors (Lipinski definition) is 2. The van der Waals surface area contributed by atoms with Crippen LogP contribution >= 0.6 is 11.3 Å². The number of hydrogen-bond acceptors (Lipinski definition) is 5. The zero-order chi connectivity index (χ0) is 11.5. The first-order valence-electron chi connectivity index (χ1n) is 5.78. The van der Waals surface area contributed by atoms with Gasteiger partial charge in [-0.3, -0.25) is 0 Å². The Kier molecular flexibility index (Phi) is 2.92. The Morgan fingerprint density at radius 2 is 2.41 bits per heavy atom. The number of nitrogens with one attached hydrogen (secondary N) is 2. The van der Waals surface area contributed by atoms with Gasteiger partial charge in [-0.1, -0.05) is 29.5 Å². The molecule has 88 valence electrons. The van der Waals surface area contributed by atoms with E-state index in [4.69, 9.17) is 0 Å². The summed E-state index contributed by atoms with van der Waals surface area (Å²) in [5.74, 6) is 0.